The number of ether oxygens (including phenoxy) is 3. The van der Waals surface area contributed by atoms with Crippen molar-refractivity contribution in [2.75, 3.05) is 20.2 Å². The summed E-state index contributed by atoms with van der Waals surface area (Å²) in [6.45, 7) is 5.65. The predicted octanol–water partition coefficient (Wildman–Crippen LogP) is 4.04. The maximum atomic E-state index is 13.7. The zero-order chi connectivity index (χ0) is 20.4. The number of ketones is 1. The fourth-order valence-electron chi connectivity index (χ4n) is 4.47. The lowest BCUT2D eigenvalue weighted by atomic mass is 9.71. The number of rotatable bonds is 5. The molecule has 1 spiro atoms. The molecule has 4 rings (SSSR count). The van der Waals surface area contributed by atoms with Gasteiger partial charge in [-0.05, 0) is 63.2 Å². The molecule has 0 saturated carbocycles. The average molecular weight is 395 g/mol. The molecule has 0 aliphatic carbocycles. The second-order valence-corrected chi connectivity index (χ2v) is 8.18. The Morgan fingerprint density at radius 1 is 1.14 bits per heavy atom. The molecule has 2 aliphatic rings. The number of carbonyl (C=O) groups excluding carboxylic acids is 1. The first-order valence-corrected chi connectivity index (χ1v) is 10.4. The standard InChI is InChI=1S/C24H29NO4/c1-16(2)28-21-9-8-18(15-22(21)27-3)23(26)19-14-17-6-4-5-7-20(17)29-24(19)10-12-25-13-11-24/h4-9,15-16,19,25H,10-14H2,1-3H3. The van der Waals surface area contributed by atoms with Crippen molar-refractivity contribution in [2.24, 2.45) is 5.92 Å². The molecule has 5 heteroatoms. The van der Waals surface area contributed by atoms with E-state index in [4.69, 9.17) is 14.2 Å². The first-order chi connectivity index (χ1) is 14.0. The molecular weight excluding hydrogens is 366 g/mol. The van der Waals surface area contributed by atoms with Gasteiger partial charge in [0.05, 0.1) is 19.1 Å². The molecule has 2 aliphatic heterocycles. The third-order valence-corrected chi connectivity index (χ3v) is 5.92. The van der Waals surface area contributed by atoms with Crippen molar-refractivity contribution in [1.29, 1.82) is 0 Å². The van der Waals surface area contributed by atoms with E-state index in [1.807, 2.05) is 44.2 Å². The summed E-state index contributed by atoms with van der Waals surface area (Å²) in [4.78, 5) is 13.7. The normalized spacial score (nSPS) is 20.1. The van der Waals surface area contributed by atoms with Crippen LogP contribution in [0.25, 0.3) is 0 Å². The molecule has 1 unspecified atom stereocenters. The molecule has 0 aromatic heterocycles. The van der Waals surface area contributed by atoms with Gasteiger partial charge in [0.15, 0.2) is 17.3 Å². The first-order valence-electron chi connectivity index (χ1n) is 10.4. The molecule has 2 heterocycles. The van der Waals surface area contributed by atoms with E-state index < -0.39 is 5.60 Å². The van der Waals surface area contributed by atoms with Crippen LogP contribution in [-0.4, -0.2) is 37.7 Å². The molecule has 1 fully saturated rings. The quantitative estimate of drug-likeness (QED) is 0.775. The summed E-state index contributed by atoms with van der Waals surface area (Å²) in [5.41, 5.74) is 1.28. The molecule has 1 N–H and O–H groups in total. The van der Waals surface area contributed by atoms with E-state index >= 15 is 0 Å². The molecule has 2 aromatic rings. The van der Waals surface area contributed by atoms with Gasteiger partial charge in [-0.25, -0.2) is 0 Å². The Labute approximate surface area is 172 Å². The second kappa shape index (κ2) is 8.07. The van der Waals surface area contributed by atoms with E-state index in [0.717, 1.165) is 37.2 Å². The zero-order valence-corrected chi connectivity index (χ0v) is 17.4. The van der Waals surface area contributed by atoms with Crippen LogP contribution in [0, 0.1) is 5.92 Å². The van der Waals surface area contributed by atoms with Crippen LogP contribution in [-0.2, 0) is 6.42 Å². The van der Waals surface area contributed by atoms with E-state index in [9.17, 15) is 4.79 Å². The molecule has 5 nitrogen and oxygen atoms in total. The molecule has 0 amide bonds. The number of fused-ring (bicyclic) bond motifs is 1. The maximum absolute atomic E-state index is 13.7. The summed E-state index contributed by atoms with van der Waals surface area (Å²) < 4.78 is 17.8. The van der Waals surface area contributed by atoms with Gasteiger partial charge in [0.2, 0.25) is 0 Å². The molecule has 0 radical (unpaired) electrons. The van der Waals surface area contributed by atoms with Gasteiger partial charge >= 0.3 is 0 Å². The minimum atomic E-state index is -0.461. The molecule has 0 bridgehead atoms. The van der Waals surface area contributed by atoms with Gasteiger partial charge in [-0.2, -0.15) is 0 Å². The van der Waals surface area contributed by atoms with Crippen molar-refractivity contribution in [3.05, 3.63) is 53.6 Å². The summed E-state index contributed by atoms with van der Waals surface area (Å²) in [7, 11) is 1.60. The van der Waals surface area contributed by atoms with Crippen LogP contribution in [0.3, 0.4) is 0 Å². The summed E-state index contributed by atoms with van der Waals surface area (Å²) in [5.74, 6) is 2.04. The van der Waals surface area contributed by atoms with Gasteiger partial charge in [0, 0.05) is 18.4 Å². The van der Waals surface area contributed by atoms with Crippen LogP contribution in [0.1, 0.15) is 42.6 Å². The highest BCUT2D eigenvalue weighted by atomic mass is 16.5. The summed E-state index contributed by atoms with van der Waals surface area (Å²) in [6.07, 6.45) is 2.38. The third kappa shape index (κ3) is 3.84. The topological polar surface area (TPSA) is 56.8 Å². The molecule has 1 atom stereocenters. The van der Waals surface area contributed by atoms with Gasteiger partial charge in [-0.1, -0.05) is 18.2 Å². The summed E-state index contributed by atoms with van der Waals surface area (Å²) in [5, 5.41) is 3.40. The fraction of sp³-hybridized carbons (Fsp3) is 0.458. The van der Waals surface area contributed by atoms with Gasteiger partial charge in [-0.15, -0.1) is 0 Å². The largest absolute Gasteiger partial charge is 0.493 e. The second-order valence-electron chi connectivity index (χ2n) is 8.18. The zero-order valence-electron chi connectivity index (χ0n) is 17.4. The lowest BCUT2D eigenvalue weighted by Crippen LogP contribution is -2.56. The highest BCUT2D eigenvalue weighted by Crippen LogP contribution is 2.43. The maximum Gasteiger partial charge on any atom is 0.170 e. The van der Waals surface area contributed by atoms with E-state index in [2.05, 4.69) is 11.4 Å². The molecule has 29 heavy (non-hydrogen) atoms. The Morgan fingerprint density at radius 3 is 2.62 bits per heavy atom. The fourth-order valence-corrected chi connectivity index (χ4v) is 4.47. The summed E-state index contributed by atoms with van der Waals surface area (Å²) in [6, 6.07) is 13.6. The molecule has 154 valence electrons. The predicted molar refractivity (Wildman–Crippen MR) is 112 cm³/mol. The van der Waals surface area contributed by atoms with Crippen molar-refractivity contribution >= 4 is 5.78 Å². The first kappa shape index (κ1) is 19.8. The van der Waals surface area contributed by atoms with Crippen molar-refractivity contribution in [3.63, 3.8) is 0 Å². The van der Waals surface area contributed by atoms with Gasteiger partial charge in [-0.3, -0.25) is 4.79 Å². The Kier molecular flexibility index (Phi) is 5.50. The van der Waals surface area contributed by atoms with Crippen LogP contribution < -0.4 is 19.5 Å². The highest BCUT2D eigenvalue weighted by molar-refractivity contribution is 5.99. The Balaban J connectivity index is 1.69. The number of Topliss-reactive ketones (excluding diaryl/α,β-unsaturated/α-hetero) is 1. The van der Waals surface area contributed by atoms with E-state index in [0.29, 0.717) is 23.5 Å². The van der Waals surface area contributed by atoms with E-state index in [-0.39, 0.29) is 17.8 Å². The van der Waals surface area contributed by atoms with Crippen molar-refractivity contribution in [1.82, 2.24) is 5.32 Å². The minimum Gasteiger partial charge on any atom is -0.493 e. The molecule has 1 saturated heterocycles. The number of piperidine rings is 1. The lowest BCUT2D eigenvalue weighted by molar-refractivity contribution is -0.0229. The van der Waals surface area contributed by atoms with Crippen molar-refractivity contribution < 1.29 is 19.0 Å². The van der Waals surface area contributed by atoms with Crippen molar-refractivity contribution in [3.8, 4) is 17.2 Å². The number of para-hydroxylation sites is 1. The Bertz CT molecular complexity index is 886. The number of methoxy groups -OCH3 is 1. The van der Waals surface area contributed by atoms with Gasteiger partial charge < -0.3 is 19.5 Å². The lowest BCUT2D eigenvalue weighted by Gasteiger charge is -2.46. The van der Waals surface area contributed by atoms with Gasteiger partial charge in [0.1, 0.15) is 11.4 Å². The highest BCUT2D eigenvalue weighted by Gasteiger charge is 2.49. The van der Waals surface area contributed by atoms with Crippen LogP contribution in [0.15, 0.2) is 42.5 Å². The Morgan fingerprint density at radius 2 is 1.90 bits per heavy atom. The molecular formula is C24H29NO4. The van der Waals surface area contributed by atoms with Gasteiger partial charge in [0.25, 0.3) is 0 Å². The number of hydrogen-bond donors (Lipinski definition) is 1. The van der Waals surface area contributed by atoms with Crippen LogP contribution in [0.5, 0.6) is 17.2 Å². The van der Waals surface area contributed by atoms with Crippen LogP contribution >= 0.6 is 0 Å². The minimum absolute atomic E-state index is 0.0340. The monoisotopic (exact) mass is 395 g/mol. The van der Waals surface area contributed by atoms with Crippen molar-refractivity contribution in [2.45, 2.75) is 44.8 Å². The van der Waals surface area contributed by atoms with Crippen LogP contribution in [0.2, 0.25) is 0 Å². The van der Waals surface area contributed by atoms with E-state index in [1.54, 1.807) is 13.2 Å². The SMILES string of the molecule is COc1cc(C(=O)C2Cc3ccccc3OC23CCNCC3)ccc1OC(C)C. The average Bonchev–Trinajstić information content (AvgIpc) is 2.73. The Hall–Kier alpha value is -2.53. The number of hydrogen-bond acceptors (Lipinski definition) is 5. The third-order valence-electron chi connectivity index (χ3n) is 5.92. The number of carbonyl (C=O) groups is 1. The molecule has 2 aromatic carbocycles. The van der Waals surface area contributed by atoms with Crippen LogP contribution in [0.4, 0.5) is 0 Å². The summed E-state index contributed by atoms with van der Waals surface area (Å²) >= 11 is 0. The smallest absolute Gasteiger partial charge is 0.170 e. The number of nitrogens with one attached hydrogen (secondary N) is 1. The van der Waals surface area contributed by atoms with E-state index in [1.165, 1.54) is 0 Å². The number of benzene rings is 2.